The van der Waals surface area contributed by atoms with E-state index in [0.29, 0.717) is 5.02 Å². The highest BCUT2D eigenvalue weighted by atomic mass is 35.5. The quantitative estimate of drug-likeness (QED) is 0.682. The molecule has 0 saturated carbocycles. The lowest BCUT2D eigenvalue weighted by molar-refractivity contribution is -0.385. The van der Waals surface area contributed by atoms with Crippen molar-refractivity contribution in [1.82, 2.24) is 0 Å². The third-order valence-corrected chi connectivity index (χ3v) is 2.89. The van der Waals surface area contributed by atoms with E-state index in [1.54, 1.807) is 0 Å². The fraction of sp³-hybridized carbons (Fsp3) is 0.0769. The monoisotopic (exact) mass is 298 g/mol. The van der Waals surface area contributed by atoms with Gasteiger partial charge < -0.3 is 5.32 Å². The van der Waals surface area contributed by atoms with Gasteiger partial charge in [-0.1, -0.05) is 17.7 Å². The average Bonchev–Trinajstić information content (AvgIpc) is 2.40. The molecular formula is C13H9ClF2N2O2. The van der Waals surface area contributed by atoms with Crippen LogP contribution in [-0.2, 0) is 6.54 Å². The Morgan fingerprint density at radius 3 is 2.70 bits per heavy atom. The predicted octanol–water partition coefficient (Wildman–Crippen LogP) is 4.14. The Labute approximate surface area is 118 Å². The lowest BCUT2D eigenvalue weighted by atomic mass is 10.1. The first-order valence-electron chi connectivity index (χ1n) is 5.59. The van der Waals surface area contributed by atoms with E-state index in [1.165, 1.54) is 30.3 Å². The van der Waals surface area contributed by atoms with Crippen LogP contribution in [0.15, 0.2) is 36.4 Å². The van der Waals surface area contributed by atoms with Gasteiger partial charge in [-0.05, 0) is 24.3 Å². The highest BCUT2D eigenvalue weighted by molar-refractivity contribution is 6.30. The van der Waals surface area contributed by atoms with Crippen molar-refractivity contribution in [3.8, 4) is 0 Å². The molecule has 2 aromatic rings. The van der Waals surface area contributed by atoms with Crippen LogP contribution >= 0.6 is 11.6 Å². The molecule has 0 aromatic heterocycles. The Morgan fingerprint density at radius 1 is 1.25 bits per heavy atom. The van der Waals surface area contributed by atoms with Gasteiger partial charge >= 0.3 is 0 Å². The van der Waals surface area contributed by atoms with Crippen molar-refractivity contribution < 1.29 is 13.7 Å². The molecule has 0 atom stereocenters. The lowest BCUT2D eigenvalue weighted by Crippen LogP contribution is -2.05. The van der Waals surface area contributed by atoms with E-state index >= 15 is 0 Å². The summed E-state index contributed by atoms with van der Waals surface area (Å²) in [5.41, 5.74) is 0.0733. The number of hydrogen-bond acceptors (Lipinski definition) is 3. The van der Waals surface area contributed by atoms with Crippen molar-refractivity contribution in [2.75, 3.05) is 5.32 Å². The second kappa shape index (κ2) is 5.83. The maximum Gasteiger partial charge on any atom is 0.274 e. The van der Waals surface area contributed by atoms with Crippen LogP contribution in [0.2, 0.25) is 5.02 Å². The number of nitro groups is 1. The maximum absolute atomic E-state index is 13.4. The number of benzene rings is 2. The zero-order valence-corrected chi connectivity index (χ0v) is 10.8. The summed E-state index contributed by atoms with van der Waals surface area (Å²) in [7, 11) is 0. The molecule has 1 N–H and O–H groups in total. The first-order chi connectivity index (χ1) is 9.49. The van der Waals surface area contributed by atoms with E-state index < -0.39 is 16.6 Å². The lowest BCUT2D eigenvalue weighted by Gasteiger charge is -2.08. The number of hydrogen-bond donors (Lipinski definition) is 1. The molecular weight excluding hydrogens is 290 g/mol. The van der Waals surface area contributed by atoms with Crippen molar-refractivity contribution in [3.63, 3.8) is 0 Å². The van der Waals surface area contributed by atoms with Gasteiger partial charge in [0.2, 0.25) is 0 Å². The molecule has 0 amide bonds. The maximum atomic E-state index is 13.4. The summed E-state index contributed by atoms with van der Waals surface area (Å²) in [6, 6.07) is 7.74. The van der Waals surface area contributed by atoms with Crippen LogP contribution in [0.3, 0.4) is 0 Å². The highest BCUT2D eigenvalue weighted by Crippen LogP contribution is 2.24. The molecule has 20 heavy (non-hydrogen) atoms. The average molecular weight is 299 g/mol. The fourth-order valence-corrected chi connectivity index (χ4v) is 1.90. The Hall–Kier alpha value is -2.21. The van der Waals surface area contributed by atoms with Crippen LogP contribution in [0.25, 0.3) is 0 Å². The zero-order chi connectivity index (χ0) is 14.7. The summed E-state index contributed by atoms with van der Waals surface area (Å²) in [6.45, 7) is -0.0444. The molecule has 0 bridgehead atoms. The zero-order valence-electron chi connectivity index (χ0n) is 10.1. The van der Waals surface area contributed by atoms with E-state index in [9.17, 15) is 18.9 Å². The van der Waals surface area contributed by atoms with Crippen LogP contribution in [0.1, 0.15) is 5.56 Å². The van der Waals surface area contributed by atoms with E-state index in [0.717, 1.165) is 6.07 Å². The predicted molar refractivity (Wildman–Crippen MR) is 71.8 cm³/mol. The van der Waals surface area contributed by atoms with Crippen molar-refractivity contribution in [1.29, 1.82) is 0 Å². The minimum atomic E-state index is -1.03. The van der Waals surface area contributed by atoms with E-state index in [2.05, 4.69) is 5.32 Å². The normalized spacial score (nSPS) is 10.3. The minimum Gasteiger partial charge on any atom is -0.378 e. The largest absolute Gasteiger partial charge is 0.378 e. The number of anilines is 1. The third kappa shape index (κ3) is 3.03. The molecule has 0 unspecified atom stereocenters. The van der Waals surface area contributed by atoms with Gasteiger partial charge in [-0.25, -0.2) is 8.78 Å². The molecule has 4 nitrogen and oxygen atoms in total. The van der Waals surface area contributed by atoms with Gasteiger partial charge in [-0.15, -0.1) is 0 Å². The fourth-order valence-electron chi connectivity index (χ4n) is 1.70. The number of rotatable bonds is 4. The standard InChI is InChI=1S/C13H9ClF2N2O2/c14-9-4-5-12(18(19)20)8(6-9)7-17-11-3-1-2-10(15)13(11)16/h1-6,17H,7H2. The molecule has 0 spiro atoms. The second-order valence-electron chi connectivity index (χ2n) is 3.99. The van der Waals surface area contributed by atoms with Crippen molar-refractivity contribution in [3.05, 3.63) is 68.7 Å². The van der Waals surface area contributed by atoms with Crippen LogP contribution in [0.5, 0.6) is 0 Å². The Morgan fingerprint density at radius 2 is 2.00 bits per heavy atom. The van der Waals surface area contributed by atoms with Crippen molar-refractivity contribution in [2.45, 2.75) is 6.54 Å². The van der Waals surface area contributed by atoms with Crippen molar-refractivity contribution in [2.24, 2.45) is 0 Å². The molecule has 0 saturated heterocycles. The SMILES string of the molecule is O=[N+]([O-])c1ccc(Cl)cc1CNc1cccc(F)c1F. The molecule has 0 radical (unpaired) electrons. The van der Waals surface area contributed by atoms with Crippen LogP contribution in [0, 0.1) is 21.7 Å². The molecule has 0 heterocycles. The summed E-state index contributed by atoms with van der Waals surface area (Å²) in [5.74, 6) is -2.02. The summed E-state index contributed by atoms with van der Waals surface area (Å²) in [6.07, 6.45) is 0. The molecule has 0 aliphatic rings. The Kier molecular flexibility index (Phi) is 4.14. The van der Waals surface area contributed by atoms with Gasteiger partial charge in [0.15, 0.2) is 11.6 Å². The van der Waals surface area contributed by atoms with Crippen LogP contribution < -0.4 is 5.32 Å². The van der Waals surface area contributed by atoms with Crippen LogP contribution in [-0.4, -0.2) is 4.92 Å². The third-order valence-electron chi connectivity index (χ3n) is 2.66. The first kappa shape index (κ1) is 14.2. The molecule has 2 aromatic carbocycles. The molecule has 2 rings (SSSR count). The van der Waals surface area contributed by atoms with Crippen molar-refractivity contribution >= 4 is 23.0 Å². The van der Waals surface area contributed by atoms with Gasteiger partial charge in [0.1, 0.15) is 0 Å². The topological polar surface area (TPSA) is 55.2 Å². The van der Waals surface area contributed by atoms with E-state index in [-0.39, 0.29) is 23.5 Å². The Bertz CT molecular complexity index is 665. The summed E-state index contributed by atoms with van der Waals surface area (Å²) in [5, 5.41) is 13.8. The van der Waals surface area contributed by atoms with Gasteiger partial charge in [-0.2, -0.15) is 0 Å². The summed E-state index contributed by atoms with van der Waals surface area (Å²) < 4.78 is 26.5. The molecule has 104 valence electrons. The van der Waals surface area contributed by atoms with Gasteiger partial charge in [0.05, 0.1) is 16.2 Å². The van der Waals surface area contributed by atoms with E-state index in [4.69, 9.17) is 11.6 Å². The number of halogens is 3. The number of nitrogens with one attached hydrogen (secondary N) is 1. The van der Waals surface area contributed by atoms with Gasteiger partial charge in [-0.3, -0.25) is 10.1 Å². The summed E-state index contributed by atoms with van der Waals surface area (Å²) >= 11 is 5.78. The van der Waals surface area contributed by atoms with E-state index in [1.807, 2.05) is 0 Å². The van der Waals surface area contributed by atoms with Crippen LogP contribution in [0.4, 0.5) is 20.2 Å². The smallest absolute Gasteiger partial charge is 0.274 e. The van der Waals surface area contributed by atoms with Gasteiger partial charge in [0, 0.05) is 17.6 Å². The highest BCUT2D eigenvalue weighted by Gasteiger charge is 2.14. The minimum absolute atomic E-state index is 0.0444. The molecule has 0 fully saturated rings. The molecule has 0 aliphatic heterocycles. The van der Waals surface area contributed by atoms with Gasteiger partial charge in [0.25, 0.3) is 5.69 Å². The summed E-state index contributed by atoms with van der Waals surface area (Å²) in [4.78, 5) is 10.3. The number of nitrogens with zero attached hydrogens (tertiary/aromatic N) is 1. The molecule has 0 aliphatic carbocycles. The first-order valence-corrected chi connectivity index (χ1v) is 5.97. The second-order valence-corrected chi connectivity index (χ2v) is 4.42. The number of nitro benzene ring substituents is 1. The molecule has 7 heteroatoms. The Balaban J connectivity index is 2.24.